The first-order valence-corrected chi connectivity index (χ1v) is 13.5. The number of aliphatic hydroxyl groups is 1. The van der Waals surface area contributed by atoms with Gasteiger partial charge in [-0.15, -0.1) is 0 Å². The number of carbonyl (C=O) groups excluding carboxylic acids is 1. The van der Waals surface area contributed by atoms with E-state index in [1.807, 2.05) is 36.4 Å². The number of anilines is 1. The third-order valence-corrected chi connectivity index (χ3v) is 6.95. The highest BCUT2D eigenvalue weighted by molar-refractivity contribution is 5.79. The van der Waals surface area contributed by atoms with Crippen LogP contribution in [0.2, 0.25) is 0 Å². The molecule has 4 rings (SSSR count). The first kappa shape index (κ1) is 28.7. The highest BCUT2D eigenvalue weighted by atomic mass is 19.1. The summed E-state index contributed by atoms with van der Waals surface area (Å²) in [4.78, 5) is 15.2. The van der Waals surface area contributed by atoms with Crippen molar-refractivity contribution in [1.29, 1.82) is 0 Å². The van der Waals surface area contributed by atoms with Crippen LogP contribution in [0, 0.1) is 11.6 Å². The van der Waals surface area contributed by atoms with E-state index in [2.05, 4.69) is 34.6 Å². The summed E-state index contributed by atoms with van der Waals surface area (Å²) in [6, 6.07) is 18.5. The maximum atomic E-state index is 13.8. The Balaban J connectivity index is 1.38. The van der Waals surface area contributed by atoms with Gasteiger partial charge in [-0.3, -0.25) is 4.79 Å². The van der Waals surface area contributed by atoms with Crippen molar-refractivity contribution in [2.45, 2.75) is 44.9 Å². The topological polar surface area (TPSA) is 73.8 Å². The van der Waals surface area contributed by atoms with E-state index in [9.17, 15) is 18.7 Å². The monoisotopic (exact) mass is 537 g/mol. The number of carbonyl (C=O) groups is 1. The molecule has 3 N–H and O–H groups in total. The van der Waals surface area contributed by atoms with Crippen molar-refractivity contribution in [2.24, 2.45) is 0 Å². The number of aryl methyl sites for hydroxylation is 1. The average molecular weight is 538 g/mol. The van der Waals surface area contributed by atoms with Crippen molar-refractivity contribution < 1.29 is 23.4 Å². The van der Waals surface area contributed by atoms with Crippen molar-refractivity contribution in [3.05, 3.63) is 101 Å². The predicted molar refractivity (Wildman–Crippen MR) is 149 cm³/mol. The Labute approximate surface area is 229 Å². The lowest BCUT2D eigenvalue weighted by Crippen LogP contribution is -2.49. The first-order chi connectivity index (χ1) is 18.9. The van der Waals surface area contributed by atoms with Gasteiger partial charge in [0.1, 0.15) is 11.6 Å². The summed E-state index contributed by atoms with van der Waals surface area (Å²) in [5.41, 5.74) is 4.60. The van der Waals surface area contributed by atoms with Gasteiger partial charge in [-0.05, 0) is 59.4 Å². The lowest BCUT2D eigenvalue weighted by atomic mass is 10.00. The molecule has 1 amide bonds. The van der Waals surface area contributed by atoms with E-state index >= 15 is 0 Å². The number of nitrogens with zero attached hydrogens (tertiary/aromatic N) is 1. The van der Waals surface area contributed by atoms with E-state index in [1.54, 1.807) is 0 Å². The zero-order chi connectivity index (χ0) is 27.6. The van der Waals surface area contributed by atoms with E-state index in [0.29, 0.717) is 25.3 Å². The van der Waals surface area contributed by atoms with Crippen molar-refractivity contribution in [1.82, 2.24) is 10.6 Å². The summed E-state index contributed by atoms with van der Waals surface area (Å²) in [5, 5.41) is 17.1. The SMILES string of the molecule is CCc1cccc(CNC[C@@H](O)[C@@H](Cc2cc(F)cc(F)c2)NC(=O)Cc2ccc(N3CCOCC3)cc2)c1. The lowest BCUT2D eigenvalue weighted by molar-refractivity contribution is -0.122. The Morgan fingerprint density at radius 2 is 1.64 bits per heavy atom. The summed E-state index contributed by atoms with van der Waals surface area (Å²) in [7, 11) is 0. The van der Waals surface area contributed by atoms with E-state index < -0.39 is 23.8 Å². The van der Waals surface area contributed by atoms with Crippen LogP contribution in [0.3, 0.4) is 0 Å². The van der Waals surface area contributed by atoms with E-state index in [4.69, 9.17) is 4.74 Å². The largest absolute Gasteiger partial charge is 0.390 e. The Morgan fingerprint density at radius 3 is 2.33 bits per heavy atom. The molecule has 8 heteroatoms. The van der Waals surface area contributed by atoms with Crippen molar-refractivity contribution in [3.8, 4) is 0 Å². The smallest absolute Gasteiger partial charge is 0.224 e. The number of morpholine rings is 1. The van der Waals surface area contributed by atoms with Crippen molar-refractivity contribution in [2.75, 3.05) is 37.7 Å². The number of hydrogen-bond acceptors (Lipinski definition) is 5. The quantitative estimate of drug-likeness (QED) is 0.328. The lowest BCUT2D eigenvalue weighted by Gasteiger charge is -2.29. The molecular formula is C31H37F2N3O3. The van der Waals surface area contributed by atoms with Gasteiger partial charge in [0.25, 0.3) is 0 Å². The third kappa shape index (κ3) is 8.85. The second kappa shape index (κ2) is 14.2. The molecule has 39 heavy (non-hydrogen) atoms. The van der Waals surface area contributed by atoms with E-state index in [1.165, 1.54) is 17.7 Å². The second-order valence-corrected chi connectivity index (χ2v) is 9.97. The van der Waals surface area contributed by atoms with Gasteiger partial charge >= 0.3 is 0 Å². The maximum Gasteiger partial charge on any atom is 0.224 e. The molecule has 0 radical (unpaired) electrons. The van der Waals surface area contributed by atoms with Gasteiger partial charge in [-0.25, -0.2) is 8.78 Å². The number of amides is 1. The van der Waals surface area contributed by atoms with Crippen LogP contribution >= 0.6 is 0 Å². The van der Waals surface area contributed by atoms with E-state index in [-0.39, 0.29) is 25.3 Å². The zero-order valence-corrected chi connectivity index (χ0v) is 22.3. The third-order valence-electron chi connectivity index (χ3n) is 6.95. The van der Waals surface area contributed by atoms with Crippen molar-refractivity contribution in [3.63, 3.8) is 0 Å². The molecule has 1 heterocycles. The van der Waals surface area contributed by atoms with Gasteiger partial charge in [0.15, 0.2) is 0 Å². The molecule has 2 atom stereocenters. The number of benzene rings is 3. The molecule has 208 valence electrons. The van der Waals surface area contributed by atoms with Gasteiger partial charge in [0, 0.05) is 37.9 Å². The van der Waals surface area contributed by atoms with Gasteiger partial charge in [-0.2, -0.15) is 0 Å². The van der Waals surface area contributed by atoms with Crippen LogP contribution < -0.4 is 15.5 Å². The minimum atomic E-state index is -0.974. The Hall–Kier alpha value is -3.33. The summed E-state index contributed by atoms with van der Waals surface area (Å²) in [6.07, 6.45) is 0.176. The molecule has 1 saturated heterocycles. The van der Waals surface area contributed by atoms with Gasteiger partial charge < -0.3 is 25.4 Å². The predicted octanol–water partition coefficient (Wildman–Crippen LogP) is 3.78. The fourth-order valence-electron chi connectivity index (χ4n) is 4.82. The van der Waals surface area contributed by atoms with Crippen LogP contribution in [0.1, 0.15) is 29.2 Å². The molecule has 0 saturated carbocycles. The molecule has 3 aromatic carbocycles. The highest BCUT2D eigenvalue weighted by Gasteiger charge is 2.23. The number of aliphatic hydroxyl groups excluding tert-OH is 1. The van der Waals surface area contributed by atoms with E-state index in [0.717, 1.165) is 42.4 Å². The zero-order valence-electron chi connectivity index (χ0n) is 22.3. The van der Waals surface area contributed by atoms with Crippen molar-refractivity contribution >= 4 is 11.6 Å². The molecule has 0 aliphatic carbocycles. The normalized spacial score (nSPS) is 15.1. The number of halogens is 2. The fraction of sp³-hybridized carbons (Fsp3) is 0.387. The van der Waals surface area contributed by atoms with Crippen LogP contribution in [0.4, 0.5) is 14.5 Å². The minimum Gasteiger partial charge on any atom is -0.390 e. The van der Waals surface area contributed by atoms with Gasteiger partial charge in [0.2, 0.25) is 5.91 Å². The Morgan fingerprint density at radius 1 is 0.949 bits per heavy atom. The molecule has 0 aromatic heterocycles. The molecule has 1 fully saturated rings. The van der Waals surface area contributed by atoms with Crippen LogP contribution in [0.25, 0.3) is 0 Å². The van der Waals surface area contributed by atoms with Gasteiger partial charge in [-0.1, -0.05) is 43.3 Å². The number of rotatable bonds is 12. The summed E-state index contributed by atoms with van der Waals surface area (Å²) in [6.45, 7) is 5.91. The maximum absolute atomic E-state index is 13.8. The Kier molecular flexibility index (Phi) is 10.4. The average Bonchev–Trinajstić information content (AvgIpc) is 2.93. The molecule has 6 nitrogen and oxygen atoms in total. The van der Waals surface area contributed by atoms with Crippen LogP contribution in [0.5, 0.6) is 0 Å². The molecular weight excluding hydrogens is 500 g/mol. The molecule has 1 aliphatic heterocycles. The molecule has 1 aliphatic rings. The van der Waals surface area contributed by atoms with Gasteiger partial charge in [0.05, 0.1) is 31.8 Å². The molecule has 0 bridgehead atoms. The summed E-state index contributed by atoms with van der Waals surface area (Å²) in [5.74, 6) is -1.66. The molecule has 0 spiro atoms. The molecule has 0 unspecified atom stereocenters. The van der Waals surface area contributed by atoms with Crippen LogP contribution in [-0.2, 0) is 35.3 Å². The number of ether oxygens (including phenoxy) is 1. The van der Waals surface area contributed by atoms with Crippen LogP contribution in [0.15, 0.2) is 66.7 Å². The minimum absolute atomic E-state index is 0.0879. The highest BCUT2D eigenvalue weighted by Crippen LogP contribution is 2.17. The fourth-order valence-corrected chi connectivity index (χ4v) is 4.82. The first-order valence-electron chi connectivity index (χ1n) is 13.5. The molecule has 3 aromatic rings. The standard InChI is InChI=1S/C31H37F2N3O3/c1-2-22-4-3-5-24(14-22)20-34-21-30(37)29(17-25-15-26(32)19-27(33)16-25)35-31(38)18-23-6-8-28(9-7-23)36-10-12-39-13-11-36/h3-9,14-16,19,29-30,34,37H,2,10-13,17-18,20-21H2,1H3,(H,35,38)/t29-,30-/m1/s1. The Bertz CT molecular complexity index is 1200. The second-order valence-electron chi connectivity index (χ2n) is 9.97. The summed E-state index contributed by atoms with van der Waals surface area (Å²) < 4.78 is 33.1. The van der Waals surface area contributed by atoms with Crippen LogP contribution in [-0.4, -0.2) is 56.0 Å². The number of hydrogen-bond donors (Lipinski definition) is 3. The summed E-state index contributed by atoms with van der Waals surface area (Å²) >= 11 is 0. The number of nitrogens with one attached hydrogen (secondary N) is 2.